The summed E-state index contributed by atoms with van der Waals surface area (Å²) in [6.45, 7) is 4.00. The van der Waals surface area contributed by atoms with Crippen LogP contribution in [0.3, 0.4) is 0 Å². The molecule has 20 heavy (non-hydrogen) atoms. The molecule has 108 valence electrons. The minimum absolute atomic E-state index is 0.778. The van der Waals surface area contributed by atoms with Gasteiger partial charge in [-0.05, 0) is 37.2 Å². The monoisotopic (exact) mass is 291 g/mol. The Hall–Kier alpha value is -1.20. The molecule has 5 heteroatoms. The van der Waals surface area contributed by atoms with Gasteiger partial charge in [0.05, 0.1) is 5.39 Å². The molecule has 0 amide bonds. The molecule has 1 aliphatic rings. The predicted molar refractivity (Wildman–Crippen MR) is 83.6 cm³/mol. The SMILES string of the molecule is COCCCNc1ncnc2sc3c(c12)CC[C@H](C)C3. The number of fused-ring (bicyclic) bond motifs is 3. The summed E-state index contributed by atoms with van der Waals surface area (Å²) in [5.41, 5.74) is 1.48. The molecule has 0 fully saturated rings. The Morgan fingerprint density at radius 3 is 3.20 bits per heavy atom. The molecular weight excluding hydrogens is 270 g/mol. The molecule has 0 unspecified atom stereocenters. The standard InChI is InChI=1S/C15H21N3OS/c1-10-4-5-11-12(8-10)20-15-13(11)14(17-9-18-15)16-6-3-7-19-2/h9-10H,3-8H2,1-2H3,(H,16,17,18)/t10-/m0/s1. The predicted octanol–water partition coefficient (Wildman–Crippen LogP) is 3.26. The Kier molecular flexibility index (Phi) is 4.17. The third kappa shape index (κ3) is 2.65. The van der Waals surface area contributed by atoms with Crippen LogP contribution in [-0.4, -0.2) is 30.2 Å². The van der Waals surface area contributed by atoms with Crippen molar-refractivity contribution in [2.24, 2.45) is 5.92 Å². The minimum atomic E-state index is 0.778. The van der Waals surface area contributed by atoms with E-state index in [0.717, 1.165) is 42.6 Å². The van der Waals surface area contributed by atoms with Crippen LogP contribution in [0, 0.1) is 5.92 Å². The summed E-state index contributed by atoms with van der Waals surface area (Å²) in [4.78, 5) is 11.6. The highest BCUT2D eigenvalue weighted by atomic mass is 32.1. The summed E-state index contributed by atoms with van der Waals surface area (Å²) in [6.07, 6.45) is 6.30. The van der Waals surface area contributed by atoms with E-state index in [1.807, 2.05) is 11.3 Å². The van der Waals surface area contributed by atoms with Gasteiger partial charge in [-0.3, -0.25) is 0 Å². The first-order valence-corrected chi connectivity index (χ1v) is 8.09. The Bertz CT molecular complexity index is 596. The Labute approximate surface area is 123 Å². The van der Waals surface area contributed by atoms with E-state index in [2.05, 4.69) is 22.2 Å². The fourth-order valence-corrected chi connectivity index (χ4v) is 4.18. The van der Waals surface area contributed by atoms with Crippen LogP contribution in [0.4, 0.5) is 5.82 Å². The van der Waals surface area contributed by atoms with E-state index in [1.165, 1.54) is 28.7 Å². The van der Waals surface area contributed by atoms with Gasteiger partial charge in [-0.2, -0.15) is 0 Å². The number of methoxy groups -OCH3 is 1. The maximum Gasteiger partial charge on any atom is 0.138 e. The minimum Gasteiger partial charge on any atom is -0.385 e. The maximum atomic E-state index is 5.08. The van der Waals surface area contributed by atoms with Crippen molar-refractivity contribution in [2.45, 2.75) is 32.6 Å². The fraction of sp³-hybridized carbons (Fsp3) is 0.600. The summed E-state index contributed by atoms with van der Waals surface area (Å²) in [7, 11) is 1.74. The van der Waals surface area contributed by atoms with E-state index < -0.39 is 0 Å². The van der Waals surface area contributed by atoms with Crippen molar-refractivity contribution in [3.63, 3.8) is 0 Å². The Morgan fingerprint density at radius 2 is 2.35 bits per heavy atom. The topological polar surface area (TPSA) is 47.0 Å². The molecule has 1 N–H and O–H groups in total. The van der Waals surface area contributed by atoms with Crippen molar-refractivity contribution in [1.82, 2.24) is 9.97 Å². The van der Waals surface area contributed by atoms with Crippen LogP contribution in [-0.2, 0) is 17.6 Å². The summed E-state index contributed by atoms with van der Waals surface area (Å²) in [6, 6.07) is 0. The van der Waals surface area contributed by atoms with Crippen molar-refractivity contribution in [3.8, 4) is 0 Å². The third-order valence-electron chi connectivity index (χ3n) is 3.91. The van der Waals surface area contributed by atoms with Crippen LogP contribution in [0.2, 0.25) is 0 Å². The summed E-state index contributed by atoms with van der Waals surface area (Å²) in [5, 5.41) is 4.71. The molecule has 0 aromatic carbocycles. The van der Waals surface area contributed by atoms with E-state index in [4.69, 9.17) is 4.74 Å². The molecule has 3 rings (SSSR count). The average Bonchev–Trinajstić information content (AvgIpc) is 2.81. The van der Waals surface area contributed by atoms with E-state index in [0.29, 0.717) is 0 Å². The van der Waals surface area contributed by atoms with Gasteiger partial charge in [0.1, 0.15) is 17.0 Å². The molecule has 4 nitrogen and oxygen atoms in total. The fourth-order valence-electron chi connectivity index (χ4n) is 2.83. The van der Waals surface area contributed by atoms with Gasteiger partial charge in [-0.25, -0.2) is 9.97 Å². The van der Waals surface area contributed by atoms with Crippen molar-refractivity contribution in [1.29, 1.82) is 0 Å². The number of thiophene rings is 1. The van der Waals surface area contributed by atoms with Gasteiger partial charge in [0.15, 0.2) is 0 Å². The first kappa shape index (κ1) is 13.8. The number of hydrogen-bond donors (Lipinski definition) is 1. The number of anilines is 1. The number of rotatable bonds is 5. The zero-order valence-corrected chi connectivity index (χ0v) is 12.9. The molecule has 2 aromatic heterocycles. The van der Waals surface area contributed by atoms with E-state index >= 15 is 0 Å². The first-order valence-electron chi connectivity index (χ1n) is 7.27. The lowest BCUT2D eigenvalue weighted by Gasteiger charge is -2.18. The van der Waals surface area contributed by atoms with Crippen LogP contribution in [0.15, 0.2) is 6.33 Å². The van der Waals surface area contributed by atoms with Crippen LogP contribution < -0.4 is 5.32 Å². The first-order chi connectivity index (χ1) is 9.79. The van der Waals surface area contributed by atoms with Gasteiger partial charge >= 0.3 is 0 Å². The van der Waals surface area contributed by atoms with Crippen molar-refractivity contribution >= 4 is 27.4 Å². The lowest BCUT2D eigenvalue weighted by molar-refractivity contribution is 0.198. The number of nitrogens with zero attached hydrogens (tertiary/aromatic N) is 2. The Morgan fingerprint density at radius 1 is 1.45 bits per heavy atom. The number of aryl methyl sites for hydroxylation is 1. The number of ether oxygens (including phenoxy) is 1. The van der Waals surface area contributed by atoms with Gasteiger partial charge in [-0.15, -0.1) is 11.3 Å². The van der Waals surface area contributed by atoms with Crippen molar-refractivity contribution in [3.05, 3.63) is 16.8 Å². The molecular formula is C15H21N3OS. The molecule has 2 heterocycles. The second kappa shape index (κ2) is 6.06. The molecule has 1 atom stereocenters. The molecule has 0 bridgehead atoms. The second-order valence-corrected chi connectivity index (χ2v) is 6.61. The van der Waals surface area contributed by atoms with Crippen molar-refractivity contribution in [2.75, 3.05) is 25.6 Å². The van der Waals surface area contributed by atoms with Gasteiger partial charge < -0.3 is 10.1 Å². The molecule has 1 aliphatic carbocycles. The van der Waals surface area contributed by atoms with Crippen LogP contribution in [0.25, 0.3) is 10.2 Å². The summed E-state index contributed by atoms with van der Waals surface area (Å²) < 4.78 is 5.08. The highest BCUT2D eigenvalue weighted by molar-refractivity contribution is 7.19. The highest BCUT2D eigenvalue weighted by Crippen LogP contribution is 2.39. The molecule has 0 saturated carbocycles. The third-order valence-corrected chi connectivity index (χ3v) is 5.07. The molecule has 0 saturated heterocycles. The van der Waals surface area contributed by atoms with Crippen molar-refractivity contribution < 1.29 is 4.74 Å². The lowest BCUT2D eigenvalue weighted by Crippen LogP contribution is -2.10. The molecule has 0 spiro atoms. The van der Waals surface area contributed by atoms with Gasteiger partial charge in [0.25, 0.3) is 0 Å². The van der Waals surface area contributed by atoms with Gasteiger partial charge in [0.2, 0.25) is 0 Å². The quantitative estimate of drug-likeness (QED) is 0.859. The normalized spacial score (nSPS) is 18.2. The van der Waals surface area contributed by atoms with E-state index in [9.17, 15) is 0 Å². The summed E-state index contributed by atoms with van der Waals surface area (Å²) in [5.74, 6) is 1.79. The highest BCUT2D eigenvalue weighted by Gasteiger charge is 2.22. The molecule has 0 radical (unpaired) electrons. The zero-order valence-electron chi connectivity index (χ0n) is 12.1. The largest absolute Gasteiger partial charge is 0.385 e. The zero-order chi connectivity index (χ0) is 13.9. The molecule has 0 aliphatic heterocycles. The Balaban J connectivity index is 1.89. The van der Waals surface area contributed by atoms with Crippen LogP contribution in [0.1, 0.15) is 30.2 Å². The van der Waals surface area contributed by atoms with Gasteiger partial charge in [-0.1, -0.05) is 6.92 Å². The smallest absolute Gasteiger partial charge is 0.138 e. The van der Waals surface area contributed by atoms with Gasteiger partial charge in [0, 0.05) is 25.1 Å². The number of aromatic nitrogens is 2. The van der Waals surface area contributed by atoms with Crippen LogP contribution in [0.5, 0.6) is 0 Å². The average molecular weight is 291 g/mol. The van der Waals surface area contributed by atoms with E-state index in [1.54, 1.807) is 13.4 Å². The summed E-state index contributed by atoms with van der Waals surface area (Å²) >= 11 is 1.85. The lowest BCUT2D eigenvalue weighted by atomic mass is 9.89. The van der Waals surface area contributed by atoms with E-state index in [-0.39, 0.29) is 0 Å². The molecule has 2 aromatic rings. The number of hydrogen-bond acceptors (Lipinski definition) is 5. The number of nitrogens with one attached hydrogen (secondary N) is 1. The second-order valence-electron chi connectivity index (χ2n) is 5.53. The van der Waals surface area contributed by atoms with Crippen LogP contribution >= 0.6 is 11.3 Å². The maximum absolute atomic E-state index is 5.08.